The molecule has 0 saturated heterocycles. The number of hydrogen-bond acceptors (Lipinski definition) is 1. The number of hydrogen-bond donors (Lipinski definition) is 0. The van der Waals surface area contributed by atoms with E-state index < -0.39 is 14.6 Å². The first-order chi connectivity index (χ1) is 3.72. The fourth-order valence-electron chi connectivity index (χ4n) is 0.954. The number of nitrogens with zero attached hydrogens (tertiary/aromatic N) is 1. The second-order valence-electron chi connectivity index (χ2n) is 2.31. The van der Waals surface area contributed by atoms with Crippen molar-refractivity contribution in [3.8, 4) is 0 Å². The molecule has 0 atom stereocenters. The van der Waals surface area contributed by atoms with Crippen LogP contribution < -0.4 is 0 Å². The first-order valence-corrected chi connectivity index (χ1v) is 9.39. The van der Waals surface area contributed by atoms with Crippen LogP contribution in [0.5, 0.6) is 0 Å². The van der Waals surface area contributed by atoms with Gasteiger partial charge in [-0.05, 0) is 0 Å². The van der Waals surface area contributed by atoms with Gasteiger partial charge < -0.3 is 0 Å². The summed E-state index contributed by atoms with van der Waals surface area (Å²) in [5, 5.41) is 0. The molecule has 0 rings (SSSR count). The van der Waals surface area contributed by atoms with Crippen LogP contribution in [-0.4, -0.2) is 31.5 Å². The Morgan fingerprint density at radius 3 is 1.50 bits per heavy atom. The van der Waals surface area contributed by atoms with Crippen molar-refractivity contribution in [2.75, 3.05) is 13.1 Å². The molecule has 0 fully saturated rings. The minimum absolute atomic E-state index is 0.860. The van der Waals surface area contributed by atoms with Crippen LogP contribution in [0.3, 0.4) is 0 Å². The van der Waals surface area contributed by atoms with E-state index in [-0.39, 0.29) is 0 Å². The van der Waals surface area contributed by atoms with Crippen molar-refractivity contribution < 1.29 is 0 Å². The zero-order chi connectivity index (χ0) is 6.57. The van der Waals surface area contributed by atoms with Crippen molar-refractivity contribution in [1.29, 1.82) is 0 Å². The summed E-state index contributed by atoms with van der Waals surface area (Å²) in [6, 6.07) is 0. The minimum atomic E-state index is -0.860. The molecule has 0 radical (unpaired) electrons. The van der Waals surface area contributed by atoms with E-state index in [4.69, 9.17) is 0 Å². The molecule has 0 aromatic heterocycles. The van der Waals surface area contributed by atoms with Crippen LogP contribution in [0, 0.1) is 0 Å². The Balaban J connectivity index is 3.35. The van der Waals surface area contributed by atoms with Gasteiger partial charge in [0.05, 0.1) is 0 Å². The van der Waals surface area contributed by atoms with Crippen LogP contribution in [0.15, 0.2) is 0 Å². The predicted octanol–water partition coefficient (Wildman–Crippen LogP) is 1.31. The number of rotatable bonds is 3. The Morgan fingerprint density at radius 2 is 1.50 bits per heavy atom. The molecule has 1 nitrogen and oxygen atoms in total. The van der Waals surface area contributed by atoms with E-state index in [2.05, 4.69) is 29.2 Å². The summed E-state index contributed by atoms with van der Waals surface area (Å²) in [5.41, 5.74) is 0. The molecule has 0 spiro atoms. The molecular formula is C6H17GeN. The normalized spacial score (nSPS) is 11.2. The topological polar surface area (TPSA) is 3.24 Å². The van der Waals surface area contributed by atoms with Crippen LogP contribution >= 0.6 is 0 Å². The van der Waals surface area contributed by atoms with Crippen LogP contribution in [0.1, 0.15) is 13.8 Å². The van der Waals surface area contributed by atoms with Crippen molar-refractivity contribution in [3.63, 3.8) is 0 Å². The van der Waals surface area contributed by atoms with Crippen molar-refractivity contribution in [1.82, 2.24) is 3.86 Å². The summed E-state index contributed by atoms with van der Waals surface area (Å²) in [5.74, 6) is 4.83. The molecule has 50 valence electrons. The first kappa shape index (κ1) is 8.50. The third kappa shape index (κ3) is 2.72. The van der Waals surface area contributed by atoms with Gasteiger partial charge in [0.25, 0.3) is 0 Å². The third-order valence-electron chi connectivity index (χ3n) is 1.54. The van der Waals surface area contributed by atoms with Gasteiger partial charge in [0.15, 0.2) is 0 Å². The van der Waals surface area contributed by atoms with Gasteiger partial charge in [-0.2, -0.15) is 0 Å². The summed E-state index contributed by atoms with van der Waals surface area (Å²) >= 11 is -0.860. The molecule has 0 aromatic rings. The SMILES string of the molecule is CC[N](CC)[GeH]([CH3])[CH3]. The summed E-state index contributed by atoms with van der Waals surface area (Å²) in [7, 11) is 0. The molecule has 0 aromatic carbocycles. The van der Waals surface area contributed by atoms with E-state index in [0.29, 0.717) is 0 Å². The van der Waals surface area contributed by atoms with E-state index in [1.54, 1.807) is 0 Å². The molecule has 0 heterocycles. The van der Waals surface area contributed by atoms with E-state index in [9.17, 15) is 0 Å². The maximum atomic E-state index is 2.60. The zero-order valence-corrected chi connectivity index (χ0v) is 8.86. The summed E-state index contributed by atoms with van der Waals surface area (Å²) in [6.07, 6.45) is 0. The Morgan fingerprint density at radius 1 is 1.12 bits per heavy atom. The fourth-order valence-corrected chi connectivity index (χ4v) is 4.02. The molecule has 0 N–H and O–H groups in total. The van der Waals surface area contributed by atoms with Gasteiger partial charge in [-0.25, -0.2) is 0 Å². The van der Waals surface area contributed by atoms with Crippen LogP contribution in [0.2, 0.25) is 11.5 Å². The molecule has 0 aliphatic heterocycles. The molecule has 0 saturated carbocycles. The Kier molecular flexibility index (Phi) is 4.66. The van der Waals surface area contributed by atoms with Crippen LogP contribution in [-0.2, 0) is 0 Å². The second-order valence-corrected chi connectivity index (χ2v) is 8.44. The van der Waals surface area contributed by atoms with Crippen molar-refractivity contribution in [3.05, 3.63) is 0 Å². The van der Waals surface area contributed by atoms with Gasteiger partial charge in [-0.15, -0.1) is 0 Å². The average Bonchev–Trinajstić information content (AvgIpc) is 1.69. The Hall–Kier alpha value is 0.503. The summed E-state index contributed by atoms with van der Waals surface area (Å²) < 4.78 is 2.60. The molecule has 8 heavy (non-hydrogen) atoms. The average molecular weight is 176 g/mol. The van der Waals surface area contributed by atoms with Gasteiger partial charge in [0, 0.05) is 0 Å². The van der Waals surface area contributed by atoms with Crippen molar-refractivity contribution >= 4 is 14.6 Å². The van der Waals surface area contributed by atoms with E-state index in [1.165, 1.54) is 13.1 Å². The zero-order valence-electron chi connectivity index (χ0n) is 6.44. The van der Waals surface area contributed by atoms with Gasteiger partial charge in [0.2, 0.25) is 0 Å². The van der Waals surface area contributed by atoms with E-state index in [0.717, 1.165) is 0 Å². The Labute approximate surface area is 57.4 Å². The summed E-state index contributed by atoms with van der Waals surface area (Å²) in [6.45, 7) is 7.01. The standard InChI is InChI=1S/C6H17GeN/c1-5-8(6-2)7(3)4/h7H,5-6H2,1-4H3. The molecule has 0 aliphatic carbocycles. The first-order valence-electron chi connectivity index (χ1n) is 3.46. The van der Waals surface area contributed by atoms with Gasteiger partial charge >= 0.3 is 56.9 Å². The molecular weight excluding hydrogens is 159 g/mol. The van der Waals surface area contributed by atoms with Gasteiger partial charge in [0.1, 0.15) is 0 Å². The maximum absolute atomic E-state index is 2.60. The fraction of sp³-hybridized carbons (Fsp3) is 1.00. The van der Waals surface area contributed by atoms with Gasteiger partial charge in [-0.3, -0.25) is 0 Å². The monoisotopic (exact) mass is 177 g/mol. The van der Waals surface area contributed by atoms with Gasteiger partial charge in [-0.1, -0.05) is 0 Å². The molecule has 0 bridgehead atoms. The Bertz CT molecular complexity index is 50.5. The predicted molar refractivity (Wildman–Crippen MR) is 41.8 cm³/mol. The van der Waals surface area contributed by atoms with Crippen molar-refractivity contribution in [2.24, 2.45) is 0 Å². The van der Waals surface area contributed by atoms with E-state index >= 15 is 0 Å². The second kappa shape index (κ2) is 4.39. The molecule has 0 amide bonds. The third-order valence-corrected chi connectivity index (χ3v) is 6.14. The van der Waals surface area contributed by atoms with Crippen LogP contribution in [0.25, 0.3) is 0 Å². The quantitative estimate of drug-likeness (QED) is 0.585. The molecule has 2 heteroatoms. The van der Waals surface area contributed by atoms with Crippen LogP contribution in [0.4, 0.5) is 0 Å². The van der Waals surface area contributed by atoms with E-state index in [1.807, 2.05) is 0 Å². The molecule has 0 aliphatic rings. The molecule has 0 unspecified atom stereocenters. The van der Waals surface area contributed by atoms with Crippen molar-refractivity contribution in [2.45, 2.75) is 25.4 Å². The summed E-state index contributed by atoms with van der Waals surface area (Å²) in [4.78, 5) is 0.